The van der Waals surface area contributed by atoms with E-state index in [9.17, 15) is 9.59 Å². The summed E-state index contributed by atoms with van der Waals surface area (Å²) in [6, 6.07) is 20.8. The van der Waals surface area contributed by atoms with Crippen LogP contribution in [0.25, 0.3) is 0 Å². The summed E-state index contributed by atoms with van der Waals surface area (Å²) in [6.45, 7) is 2.90. The van der Waals surface area contributed by atoms with Crippen LogP contribution < -0.4 is 15.5 Å². The molecule has 0 aliphatic carbocycles. The van der Waals surface area contributed by atoms with Crippen molar-refractivity contribution in [3.05, 3.63) is 88.4 Å². The Morgan fingerprint density at radius 1 is 1.06 bits per heavy atom. The van der Waals surface area contributed by atoms with Gasteiger partial charge >= 0.3 is 6.03 Å². The first-order chi connectivity index (χ1) is 15.0. The summed E-state index contributed by atoms with van der Waals surface area (Å²) in [6.07, 6.45) is 0. The maximum Gasteiger partial charge on any atom is 0.319 e. The maximum atomic E-state index is 12.6. The van der Waals surface area contributed by atoms with Crippen LogP contribution in [0.5, 0.6) is 0 Å². The molecule has 3 amide bonds. The molecule has 1 aliphatic rings. The van der Waals surface area contributed by atoms with E-state index < -0.39 is 0 Å². The van der Waals surface area contributed by atoms with Crippen molar-refractivity contribution in [3.8, 4) is 0 Å². The Hall–Kier alpha value is -2.96. The number of fused-ring (bicyclic) bond motifs is 1. The van der Waals surface area contributed by atoms with E-state index in [-0.39, 0.29) is 11.9 Å². The topological polar surface area (TPSA) is 61.4 Å². The molecule has 4 rings (SSSR count). The van der Waals surface area contributed by atoms with Gasteiger partial charge in [-0.3, -0.25) is 4.79 Å². The molecule has 31 heavy (non-hydrogen) atoms. The number of halogens is 1. The van der Waals surface area contributed by atoms with Gasteiger partial charge in [-0.2, -0.15) is 0 Å². The van der Waals surface area contributed by atoms with E-state index in [2.05, 4.69) is 10.6 Å². The van der Waals surface area contributed by atoms with E-state index in [1.165, 1.54) is 17.3 Å². The van der Waals surface area contributed by atoms with Crippen LogP contribution in [0.3, 0.4) is 0 Å². The Balaban J connectivity index is 1.47. The Bertz CT molecular complexity index is 1120. The highest BCUT2D eigenvalue weighted by Crippen LogP contribution is 2.38. The summed E-state index contributed by atoms with van der Waals surface area (Å²) in [4.78, 5) is 27.8. The van der Waals surface area contributed by atoms with Crippen molar-refractivity contribution in [2.45, 2.75) is 24.9 Å². The van der Waals surface area contributed by atoms with Crippen LogP contribution in [0.1, 0.15) is 16.7 Å². The van der Waals surface area contributed by atoms with E-state index in [1.807, 2.05) is 67.6 Å². The Kier molecular flexibility index (Phi) is 6.49. The van der Waals surface area contributed by atoms with E-state index in [4.69, 9.17) is 11.6 Å². The second-order valence-electron chi connectivity index (χ2n) is 7.37. The molecule has 0 bridgehead atoms. The zero-order chi connectivity index (χ0) is 21.8. The number of thioether (sulfide) groups is 1. The number of hydrogen-bond acceptors (Lipinski definition) is 3. The summed E-state index contributed by atoms with van der Waals surface area (Å²) in [7, 11) is 0. The number of aryl methyl sites for hydroxylation is 1. The molecule has 0 unspecified atom stereocenters. The Morgan fingerprint density at radius 3 is 2.65 bits per heavy atom. The summed E-state index contributed by atoms with van der Waals surface area (Å²) in [5.41, 5.74) is 4.61. The number of amides is 3. The molecule has 0 saturated carbocycles. The second kappa shape index (κ2) is 9.45. The van der Waals surface area contributed by atoms with Crippen molar-refractivity contribution >= 4 is 46.7 Å². The highest BCUT2D eigenvalue weighted by Gasteiger charge is 2.25. The number of carbonyl (C=O) groups excluding carboxylic acids is 2. The quantitative estimate of drug-likeness (QED) is 0.530. The number of urea groups is 1. The summed E-state index contributed by atoms with van der Waals surface area (Å²) in [5.74, 6) is 0.465. The molecule has 0 spiro atoms. The number of rotatable bonds is 5. The average molecular weight is 452 g/mol. The fourth-order valence-electron chi connectivity index (χ4n) is 3.33. The van der Waals surface area contributed by atoms with E-state index in [1.54, 1.807) is 11.0 Å². The monoisotopic (exact) mass is 451 g/mol. The first kappa shape index (κ1) is 21.3. The Morgan fingerprint density at radius 2 is 1.87 bits per heavy atom. The highest BCUT2D eigenvalue weighted by atomic mass is 35.5. The Labute approximate surface area is 190 Å². The predicted octanol–water partition coefficient (Wildman–Crippen LogP) is 5.61. The molecule has 1 heterocycles. The highest BCUT2D eigenvalue weighted by molar-refractivity contribution is 8.00. The zero-order valence-electron chi connectivity index (χ0n) is 17.0. The van der Waals surface area contributed by atoms with Crippen LogP contribution in [0.4, 0.5) is 16.2 Å². The molecule has 5 nitrogen and oxygen atoms in total. The van der Waals surface area contributed by atoms with Crippen LogP contribution in [-0.4, -0.2) is 17.7 Å². The van der Waals surface area contributed by atoms with Gasteiger partial charge in [0.05, 0.1) is 18.0 Å². The molecule has 3 aromatic rings. The number of hydrogen-bond donors (Lipinski definition) is 2. The first-order valence-electron chi connectivity index (χ1n) is 9.90. The van der Waals surface area contributed by atoms with Crippen LogP contribution >= 0.6 is 23.4 Å². The maximum absolute atomic E-state index is 12.6. The van der Waals surface area contributed by atoms with Crippen molar-refractivity contribution in [1.29, 1.82) is 0 Å². The van der Waals surface area contributed by atoms with Gasteiger partial charge in [-0.05, 0) is 48.4 Å². The average Bonchev–Trinajstić information content (AvgIpc) is 2.76. The van der Waals surface area contributed by atoms with Crippen molar-refractivity contribution in [2.75, 3.05) is 16.0 Å². The molecule has 1 aliphatic heterocycles. The molecular weight excluding hydrogens is 430 g/mol. The fourth-order valence-corrected chi connectivity index (χ4v) is 4.46. The van der Waals surface area contributed by atoms with Gasteiger partial charge < -0.3 is 15.5 Å². The third kappa shape index (κ3) is 5.40. The molecule has 7 heteroatoms. The van der Waals surface area contributed by atoms with Crippen molar-refractivity contribution < 1.29 is 9.59 Å². The van der Waals surface area contributed by atoms with Gasteiger partial charge in [0, 0.05) is 22.2 Å². The van der Waals surface area contributed by atoms with Crippen LogP contribution in [-0.2, 0) is 17.9 Å². The third-order valence-corrected chi connectivity index (χ3v) is 6.25. The fraction of sp³-hybridized carbons (Fsp3) is 0.167. The van der Waals surface area contributed by atoms with Crippen LogP contribution in [0.15, 0.2) is 71.6 Å². The van der Waals surface area contributed by atoms with Gasteiger partial charge in [-0.15, -0.1) is 11.8 Å². The van der Waals surface area contributed by atoms with Crippen LogP contribution in [0.2, 0.25) is 5.02 Å². The molecule has 0 aromatic heterocycles. The largest absolute Gasteiger partial charge is 0.334 e. The van der Waals surface area contributed by atoms with Gasteiger partial charge in [0.2, 0.25) is 5.91 Å². The predicted molar refractivity (Wildman–Crippen MR) is 127 cm³/mol. The minimum absolute atomic E-state index is 0.0561. The molecule has 3 aromatic carbocycles. The van der Waals surface area contributed by atoms with Gasteiger partial charge in [0.25, 0.3) is 0 Å². The molecule has 0 fully saturated rings. The summed E-state index contributed by atoms with van der Waals surface area (Å²) < 4.78 is 0. The van der Waals surface area contributed by atoms with Crippen molar-refractivity contribution in [3.63, 3.8) is 0 Å². The number of benzene rings is 3. The first-order valence-corrected chi connectivity index (χ1v) is 11.3. The normalized spacial score (nSPS) is 13.0. The zero-order valence-corrected chi connectivity index (χ0v) is 18.6. The minimum Gasteiger partial charge on any atom is -0.334 e. The van der Waals surface area contributed by atoms with E-state index in [0.717, 1.165) is 21.7 Å². The smallest absolute Gasteiger partial charge is 0.319 e. The second-order valence-corrected chi connectivity index (χ2v) is 8.83. The third-order valence-electron chi connectivity index (χ3n) is 4.96. The number of nitrogens with one attached hydrogen (secondary N) is 2. The lowest BCUT2D eigenvalue weighted by Gasteiger charge is -2.29. The molecule has 0 saturated heterocycles. The molecule has 0 radical (unpaired) electrons. The summed E-state index contributed by atoms with van der Waals surface area (Å²) >= 11 is 7.50. The van der Waals surface area contributed by atoms with Crippen molar-refractivity contribution in [2.24, 2.45) is 0 Å². The number of carbonyl (C=O) groups is 2. The molecule has 2 N–H and O–H groups in total. The molecule has 158 valence electrons. The summed E-state index contributed by atoms with van der Waals surface area (Å²) in [5, 5.41) is 6.31. The van der Waals surface area contributed by atoms with Gasteiger partial charge in [-0.25, -0.2) is 4.79 Å². The van der Waals surface area contributed by atoms with Crippen molar-refractivity contribution in [1.82, 2.24) is 5.32 Å². The number of anilines is 2. The van der Waals surface area contributed by atoms with E-state index in [0.29, 0.717) is 29.6 Å². The van der Waals surface area contributed by atoms with Crippen LogP contribution in [0, 0.1) is 6.92 Å². The van der Waals surface area contributed by atoms with Gasteiger partial charge in [-0.1, -0.05) is 53.6 Å². The lowest BCUT2D eigenvalue weighted by molar-refractivity contribution is -0.116. The standard InChI is InChI=1S/C24H22ClN3O2S/c1-16-5-7-17(8-6-16)14-28-21-12-20(9-10-22(21)31-15-23(28)29)27-24(30)26-13-18-3-2-4-19(25)11-18/h2-12H,13-15H2,1H3,(H2,26,27,30). The van der Waals surface area contributed by atoms with Gasteiger partial charge in [0.1, 0.15) is 0 Å². The number of nitrogens with zero attached hydrogens (tertiary/aromatic N) is 1. The van der Waals surface area contributed by atoms with E-state index >= 15 is 0 Å². The lowest BCUT2D eigenvalue weighted by Crippen LogP contribution is -2.35. The molecule has 0 atom stereocenters. The van der Waals surface area contributed by atoms with Gasteiger partial charge in [0.15, 0.2) is 0 Å². The SMILES string of the molecule is Cc1ccc(CN2C(=O)CSc3ccc(NC(=O)NCc4cccc(Cl)c4)cc32)cc1. The minimum atomic E-state index is -0.320. The molecular formula is C24H22ClN3O2S. The lowest BCUT2D eigenvalue weighted by atomic mass is 10.1.